The van der Waals surface area contributed by atoms with Crippen LogP contribution in [0.3, 0.4) is 0 Å². The Bertz CT molecular complexity index is 1190. The molecule has 1 saturated heterocycles. The first kappa shape index (κ1) is 23.4. The predicted molar refractivity (Wildman–Crippen MR) is 128 cm³/mol. The lowest BCUT2D eigenvalue weighted by atomic mass is 10.1. The summed E-state index contributed by atoms with van der Waals surface area (Å²) in [6.07, 6.45) is 0. The van der Waals surface area contributed by atoms with Gasteiger partial charge in [0, 0.05) is 43.4 Å². The number of hydrogen-bond acceptors (Lipinski definition) is 8. The summed E-state index contributed by atoms with van der Waals surface area (Å²) in [4.78, 5) is 33.1. The maximum Gasteiger partial charge on any atom is 0.273 e. The summed E-state index contributed by atoms with van der Waals surface area (Å²) < 4.78 is 11.5. The average molecular weight is 491 g/mol. The molecule has 1 aliphatic heterocycles. The normalized spacial score (nSPS) is 14.4. The quantitative estimate of drug-likeness (QED) is 0.362. The zero-order valence-electron chi connectivity index (χ0n) is 18.2. The van der Waals surface area contributed by atoms with Gasteiger partial charge in [0.05, 0.1) is 35.0 Å². The molecule has 0 unspecified atom stereocenters. The highest BCUT2D eigenvalue weighted by molar-refractivity contribution is 7.23. The van der Waals surface area contributed by atoms with Crippen molar-refractivity contribution in [3.05, 3.63) is 56.6 Å². The van der Waals surface area contributed by atoms with Crippen LogP contribution in [0.25, 0.3) is 10.2 Å². The van der Waals surface area contributed by atoms with E-state index in [2.05, 4.69) is 9.88 Å². The van der Waals surface area contributed by atoms with Gasteiger partial charge in [-0.1, -0.05) is 29.0 Å². The second kappa shape index (κ2) is 10.0. The van der Waals surface area contributed by atoms with E-state index >= 15 is 0 Å². The van der Waals surface area contributed by atoms with Crippen LogP contribution in [-0.4, -0.2) is 67.2 Å². The van der Waals surface area contributed by atoms with E-state index in [0.717, 1.165) is 13.1 Å². The molecule has 3 aromatic rings. The van der Waals surface area contributed by atoms with Crippen LogP contribution in [0.15, 0.2) is 30.3 Å². The largest absolute Gasteiger partial charge is 0.494 e. The minimum atomic E-state index is -0.480. The third-order valence-electron chi connectivity index (χ3n) is 5.62. The molecule has 0 atom stereocenters. The molecule has 1 aromatic heterocycles. The monoisotopic (exact) mass is 490 g/mol. The fourth-order valence-electron chi connectivity index (χ4n) is 3.77. The Balaban J connectivity index is 1.75. The van der Waals surface area contributed by atoms with E-state index in [-0.39, 0.29) is 17.2 Å². The molecule has 2 aromatic carbocycles. The molecular formula is C22H23ClN4O5S. The highest BCUT2D eigenvalue weighted by Crippen LogP contribution is 2.39. The van der Waals surface area contributed by atoms with Gasteiger partial charge in [0.15, 0.2) is 5.13 Å². The minimum Gasteiger partial charge on any atom is -0.494 e. The molecular weight excluding hydrogens is 468 g/mol. The minimum absolute atomic E-state index is 0.0945. The topological polar surface area (TPSA) is 98.0 Å². The number of hydrogen-bond donors (Lipinski definition) is 0. The van der Waals surface area contributed by atoms with Crippen LogP contribution in [0.1, 0.15) is 15.9 Å². The molecule has 0 N–H and O–H groups in total. The molecule has 1 fully saturated rings. The average Bonchev–Trinajstić information content (AvgIpc) is 3.26. The Kier molecular flexibility index (Phi) is 7.08. The first-order chi connectivity index (χ1) is 15.9. The Labute approximate surface area is 199 Å². The molecule has 0 radical (unpaired) electrons. The number of morpholine rings is 1. The maximum absolute atomic E-state index is 13.7. The number of anilines is 1. The van der Waals surface area contributed by atoms with Crippen molar-refractivity contribution in [3.8, 4) is 5.75 Å². The van der Waals surface area contributed by atoms with E-state index in [9.17, 15) is 14.9 Å². The van der Waals surface area contributed by atoms with Crippen molar-refractivity contribution in [2.45, 2.75) is 6.92 Å². The van der Waals surface area contributed by atoms with Gasteiger partial charge in [0.2, 0.25) is 0 Å². The second-order valence-corrected chi connectivity index (χ2v) is 8.93. The lowest BCUT2D eigenvalue weighted by Gasteiger charge is -2.29. The molecule has 0 saturated carbocycles. The molecule has 4 rings (SSSR count). The Morgan fingerprint density at radius 1 is 1.33 bits per heavy atom. The molecule has 1 amide bonds. The van der Waals surface area contributed by atoms with Gasteiger partial charge >= 0.3 is 0 Å². The standard InChI is InChI=1S/C22H23ClN4O5S/c1-14-15(4-3-5-17(14)27(29)30)21(28)26(9-8-25-10-12-32-13-11-25)22-24-19-18(31-2)7-6-16(23)20(19)33-22/h3-7H,8-13H2,1-2H3. The zero-order chi connectivity index (χ0) is 23.5. The van der Waals surface area contributed by atoms with Crippen LogP contribution in [0, 0.1) is 17.0 Å². The van der Waals surface area contributed by atoms with Gasteiger partial charge in [-0.2, -0.15) is 0 Å². The van der Waals surface area contributed by atoms with Gasteiger partial charge in [-0.25, -0.2) is 4.98 Å². The van der Waals surface area contributed by atoms with E-state index < -0.39 is 4.92 Å². The fourth-order valence-corrected chi connectivity index (χ4v) is 5.05. The molecule has 11 heteroatoms. The maximum atomic E-state index is 13.7. The summed E-state index contributed by atoms with van der Waals surface area (Å²) >= 11 is 7.69. The zero-order valence-corrected chi connectivity index (χ0v) is 19.8. The summed E-state index contributed by atoms with van der Waals surface area (Å²) in [7, 11) is 1.55. The molecule has 0 bridgehead atoms. The third-order valence-corrected chi connectivity index (χ3v) is 7.16. The Morgan fingerprint density at radius 2 is 2.09 bits per heavy atom. The number of amides is 1. The van der Waals surface area contributed by atoms with Crippen LogP contribution >= 0.6 is 22.9 Å². The van der Waals surface area contributed by atoms with Crippen molar-refractivity contribution >= 4 is 49.9 Å². The van der Waals surface area contributed by atoms with Gasteiger partial charge in [-0.05, 0) is 25.1 Å². The first-order valence-electron chi connectivity index (χ1n) is 10.4. The van der Waals surface area contributed by atoms with Crippen LogP contribution < -0.4 is 9.64 Å². The van der Waals surface area contributed by atoms with Crippen LogP contribution in [0.4, 0.5) is 10.8 Å². The molecule has 33 heavy (non-hydrogen) atoms. The van der Waals surface area contributed by atoms with Crippen molar-refractivity contribution in [2.24, 2.45) is 0 Å². The number of nitro groups is 1. The number of nitrogens with zero attached hydrogens (tertiary/aromatic N) is 4. The molecule has 174 valence electrons. The SMILES string of the molecule is COc1ccc(Cl)c2sc(N(CCN3CCOCC3)C(=O)c3cccc([N+](=O)[O-])c3C)nc12. The number of benzene rings is 2. The van der Waals surface area contributed by atoms with Gasteiger partial charge in [0.1, 0.15) is 11.3 Å². The lowest BCUT2D eigenvalue weighted by molar-refractivity contribution is -0.385. The van der Waals surface area contributed by atoms with Gasteiger partial charge < -0.3 is 9.47 Å². The molecule has 0 spiro atoms. The van der Waals surface area contributed by atoms with E-state index in [0.29, 0.717) is 58.0 Å². The van der Waals surface area contributed by atoms with Crippen molar-refractivity contribution in [1.82, 2.24) is 9.88 Å². The number of thiazole rings is 1. The van der Waals surface area contributed by atoms with Crippen molar-refractivity contribution in [3.63, 3.8) is 0 Å². The van der Waals surface area contributed by atoms with Gasteiger partial charge in [0.25, 0.3) is 11.6 Å². The molecule has 9 nitrogen and oxygen atoms in total. The summed E-state index contributed by atoms with van der Waals surface area (Å²) in [5.74, 6) is 0.211. The Morgan fingerprint density at radius 3 is 2.79 bits per heavy atom. The van der Waals surface area contributed by atoms with E-state index in [1.807, 2.05) is 0 Å². The van der Waals surface area contributed by atoms with Crippen LogP contribution in [0.2, 0.25) is 5.02 Å². The smallest absolute Gasteiger partial charge is 0.273 e. The fraction of sp³-hybridized carbons (Fsp3) is 0.364. The lowest BCUT2D eigenvalue weighted by Crippen LogP contribution is -2.43. The summed E-state index contributed by atoms with van der Waals surface area (Å²) in [5.41, 5.74) is 1.07. The van der Waals surface area contributed by atoms with E-state index in [1.165, 1.54) is 23.5 Å². The van der Waals surface area contributed by atoms with E-state index in [1.54, 1.807) is 37.1 Å². The van der Waals surface area contributed by atoms with Crippen molar-refractivity contribution in [1.29, 1.82) is 0 Å². The van der Waals surface area contributed by atoms with Crippen LogP contribution in [0.5, 0.6) is 5.75 Å². The number of carbonyl (C=O) groups excluding carboxylic acids is 1. The predicted octanol–water partition coefficient (Wildman–Crippen LogP) is 4.15. The number of methoxy groups -OCH3 is 1. The molecule has 2 heterocycles. The highest BCUT2D eigenvalue weighted by atomic mass is 35.5. The number of halogens is 1. The highest BCUT2D eigenvalue weighted by Gasteiger charge is 2.27. The molecule has 1 aliphatic rings. The van der Waals surface area contributed by atoms with E-state index in [4.69, 9.17) is 21.1 Å². The number of ether oxygens (including phenoxy) is 2. The number of aromatic nitrogens is 1. The van der Waals surface area contributed by atoms with Crippen molar-refractivity contribution in [2.75, 3.05) is 51.4 Å². The summed E-state index contributed by atoms with van der Waals surface area (Å²) in [6, 6.07) is 7.99. The van der Waals surface area contributed by atoms with Gasteiger partial charge in [-0.15, -0.1) is 0 Å². The number of carbonyl (C=O) groups is 1. The molecule has 0 aliphatic carbocycles. The number of fused-ring (bicyclic) bond motifs is 1. The summed E-state index contributed by atoms with van der Waals surface area (Å²) in [5, 5.41) is 12.4. The summed E-state index contributed by atoms with van der Waals surface area (Å²) in [6.45, 7) is 5.40. The van der Waals surface area contributed by atoms with Crippen molar-refractivity contribution < 1.29 is 19.2 Å². The Hall–Kier alpha value is -2.79. The first-order valence-corrected chi connectivity index (χ1v) is 11.6. The number of nitro benzene ring substituents is 1. The van der Waals surface area contributed by atoms with Gasteiger partial charge in [-0.3, -0.25) is 24.7 Å². The third kappa shape index (κ3) is 4.79. The second-order valence-electron chi connectivity index (χ2n) is 7.54. The number of rotatable bonds is 7. The van der Waals surface area contributed by atoms with Crippen LogP contribution in [-0.2, 0) is 4.74 Å².